The maximum Gasteiger partial charge on any atom is 0.274 e. The zero-order valence-corrected chi connectivity index (χ0v) is 16.0. The quantitative estimate of drug-likeness (QED) is 0.646. The molecule has 1 aliphatic rings. The number of thiazole rings is 1. The lowest BCUT2D eigenvalue weighted by Crippen LogP contribution is -2.19. The van der Waals surface area contributed by atoms with Crippen molar-refractivity contribution in [1.29, 1.82) is 0 Å². The minimum absolute atomic E-state index is 0.0453. The van der Waals surface area contributed by atoms with E-state index in [1.54, 1.807) is 41.9 Å². The van der Waals surface area contributed by atoms with Crippen LogP contribution in [0.5, 0.6) is 0 Å². The number of hydrogen-bond acceptors (Lipinski definition) is 6. The summed E-state index contributed by atoms with van der Waals surface area (Å²) in [6.07, 6.45) is 10.3. The predicted molar refractivity (Wildman–Crippen MR) is 106 cm³/mol. The number of carbonyl (C=O) groups is 2. The maximum atomic E-state index is 12.3. The Morgan fingerprint density at radius 3 is 2.89 bits per heavy atom. The Bertz CT molecular complexity index is 958. The van der Waals surface area contributed by atoms with Crippen LogP contribution >= 0.6 is 11.3 Å². The second-order valence-corrected chi connectivity index (χ2v) is 7.68. The Morgan fingerprint density at radius 2 is 2.04 bits per heavy atom. The van der Waals surface area contributed by atoms with Gasteiger partial charge in [-0.2, -0.15) is 5.10 Å². The smallest absolute Gasteiger partial charge is 0.274 e. The van der Waals surface area contributed by atoms with Crippen molar-refractivity contribution in [3.8, 4) is 0 Å². The predicted octanol–water partition coefficient (Wildman–Crippen LogP) is 2.89. The van der Waals surface area contributed by atoms with Crippen LogP contribution in [0, 0.1) is 0 Å². The lowest BCUT2D eigenvalue weighted by atomic mass is 10.2. The van der Waals surface area contributed by atoms with E-state index in [-0.39, 0.29) is 18.4 Å². The van der Waals surface area contributed by atoms with Crippen molar-refractivity contribution in [2.45, 2.75) is 38.6 Å². The number of aromatic nitrogens is 4. The largest absolute Gasteiger partial charge is 0.318 e. The van der Waals surface area contributed by atoms with Crippen LogP contribution in [0.3, 0.4) is 0 Å². The Morgan fingerprint density at radius 1 is 1.14 bits per heavy atom. The Balaban J connectivity index is 1.33. The van der Waals surface area contributed by atoms with E-state index in [4.69, 9.17) is 0 Å². The van der Waals surface area contributed by atoms with Crippen LogP contribution in [0.1, 0.15) is 40.3 Å². The molecule has 0 spiro atoms. The molecule has 0 radical (unpaired) electrons. The molecule has 28 heavy (non-hydrogen) atoms. The van der Waals surface area contributed by atoms with Crippen LogP contribution in [0.4, 0.5) is 10.8 Å². The molecule has 8 nitrogen and oxygen atoms in total. The molecule has 0 unspecified atom stereocenters. The zero-order valence-electron chi connectivity index (χ0n) is 15.2. The molecule has 0 saturated heterocycles. The van der Waals surface area contributed by atoms with E-state index in [0.29, 0.717) is 16.5 Å². The minimum atomic E-state index is -0.325. The van der Waals surface area contributed by atoms with Crippen molar-refractivity contribution < 1.29 is 9.59 Å². The third-order valence-corrected chi connectivity index (χ3v) is 5.51. The number of fused-ring (bicyclic) bond motifs is 1. The molecular weight excluding hydrogens is 376 g/mol. The third-order valence-electron chi connectivity index (χ3n) is 4.44. The van der Waals surface area contributed by atoms with Gasteiger partial charge in [0.1, 0.15) is 12.2 Å². The van der Waals surface area contributed by atoms with Gasteiger partial charge in [0.05, 0.1) is 17.6 Å². The van der Waals surface area contributed by atoms with Gasteiger partial charge in [-0.3, -0.25) is 19.3 Å². The van der Waals surface area contributed by atoms with Gasteiger partial charge in [0.25, 0.3) is 5.91 Å². The van der Waals surface area contributed by atoms with Gasteiger partial charge in [0.15, 0.2) is 5.13 Å². The number of nitrogens with one attached hydrogen (secondary N) is 2. The molecule has 144 valence electrons. The molecule has 2 N–H and O–H groups in total. The summed E-state index contributed by atoms with van der Waals surface area (Å²) in [4.78, 5) is 34.3. The molecule has 3 aromatic rings. The molecule has 4 rings (SSSR count). The van der Waals surface area contributed by atoms with Gasteiger partial charge in [-0.1, -0.05) is 12.5 Å². The summed E-state index contributed by atoms with van der Waals surface area (Å²) in [6.45, 7) is 0.0453. The normalized spacial score (nSPS) is 13.4. The molecule has 2 amide bonds. The van der Waals surface area contributed by atoms with Gasteiger partial charge in [0, 0.05) is 17.3 Å². The van der Waals surface area contributed by atoms with E-state index in [1.165, 1.54) is 28.6 Å². The Kier molecular flexibility index (Phi) is 5.43. The van der Waals surface area contributed by atoms with Crippen molar-refractivity contribution in [3.63, 3.8) is 0 Å². The summed E-state index contributed by atoms with van der Waals surface area (Å²) in [7, 11) is 0. The lowest BCUT2D eigenvalue weighted by Gasteiger charge is -2.02. The fourth-order valence-corrected chi connectivity index (χ4v) is 4.16. The average Bonchev–Trinajstić information content (AvgIpc) is 3.22. The van der Waals surface area contributed by atoms with Crippen molar-refractivity contribution >= 4 is 34.0 Å². The highest BCUT2D eigenvalue weighted by Gasteiger charge is 2.16. The first kappa shape index (κ1) is 18.3. The summed E-state index contributed by atoms with van der Waals surface area (Å²) < 4.78 is 1.47. The molecular formula is C19H20N6O2S. The number of nitrogens with zero attached hydrogens (tertiary/aromatic N) is 4. The second-order valence-electron chi connectivity index (χ2n) is 6.59. The number of amides is 2. The fraction of sp³-hybridized carbons (Fsp3) is 0.316. The number of pyridine rings is 1. The highest BCUT2D eigenvalue weighted by molar-refractivity contribution is 7.15. The van der Waals surface area contributed by atoms with E-state index in [2.05, 4.69) is 25.7 Å². The summed E-state index contributed by atoms with van der Waals surface area (Å²) in [5.41, 5.74) is 1.94. The van der Waals surface area contributed by atoms with Crippen molar-refractivity contribution in [1.82, 2.24) is 19.7 Å². The molecule has 0 atom stereocenters. The molecule has 1 aliphatic carbocycles. The molecule has 3 aromatic heterocycles. The Labute approximate surface area is 166 Å². The SMILES string of the molecule is O=C(Cn1cc(NC(=O)c2ccccn2)cn1)Nc1nc2c(s1)CCCCC2. The number of carbonyl (C=O) groups excluding carboxylic acids is 2. The van der Waals surface area contributed by atoms with Crippen LogP contribution in [0.2, 0.25) is 0 Å². The van der Waals surface area contributed by atoms with E-state index in [1.807, 2.05) is 0 Å². The van der Waals surface area contributed by atoms with E-state index < -0.39 is 0 Å². The minimum Gasteiger partial charge on any atom is -0.318 e. The summed E-state index contributed by atoms with van der Waals surface area (Å²) in [6, 6.07) is 5.12. The molecule has 0 saturated carbocycles. The van der Waals surface area contributed by atoms with Gasteiger partial charge >= 0.3 is 0 Å². The van der Waals surface area contributed by atoms with Crippen molar-refractivity contribution in [2.24, 2.45) is 0 Å². The Hall–Kier alpha value is -3.07. The second kappa shape index (κ2) is 8.30. The van der Waals surface area contributed by atoms with Gasteiger partial charge < -0.3 is 10.6 Å². The molecule has 0 aliphatic heterocycles. The van der Waals surface area contributed by atoms with Crippen molar-refractivity contribution in [2.75, 3.05) is 10.6 Å². The average molecular weight is 396 g/mol. The first-order valence-electron chi connectivity index (χ1n) is 9.20. The molecule has 9 heteroatoms. The van der Waals surface area contributed by atoms with E-state index in [9.17, 15) is 9.59 Å². The first-order chi connectivity index (χ1) is 13.7. The molecule has 3 heterocycles. The third kappa shape index (κ3) is 4.42. The van der Waals surface area contributed by atoms with Crippen LogP contribution in [-0.2, 0) is 24.2 Å². The highest BCUT2D eigenvalue weighted by atomic mass is 32.1. The molecule has 0 aromatic carbocycles. The van der Waals surface area contributed by atoms with Crippen LogP contribution in [0.15, 0.2) is 36.8 Å². The van der Waals surface area contributed by atoms with Crippen molar-refractivity contribution in [3.05, 3.63) is 53.1 Å². The summed E-state index contributed by atoms with van der Waals surface area (Å²) in [5, 5.41) is 10.3. The van der Waals surface area contributed by atoms with E-state index in [0.717, 1.165) is 25.0 Å². The summed E-state index contributed by atoms with van der Waals surface area (Å²) in [5.74, 6) is -0.525. The van der Waals surface area contributed by atoms with Crippen LogP contribution in [-0.4, -0.2) is 31.6 Å². The topological polar surface area (TPSA) is 102 Å². The van der Waals surface area contributed by atoms with Gasteiger partial charge in [-0.05, 0) is 37.8 Å². The lowest BCUT2D eigenvalue weighted by molar-refractivity contribution is -0.116. The molecule has 0 bridgehead atoms. The number of aryl methyl sites for hydroxylation is 2. The van der Waals surface area contributed by atoms with Gasteiger partial charge in [-0.15, -0.1) is 11.3 Å². The number of anilines is 2. The van der Waals surface area contributed by atoms with Gasteiger partial charge in [-0.25, -0.2) is 4.98 Å². The monoisotopic (exact) mass is 396 g/mol. The van der Waals surface area contributed by atoms with Crippen LogP contribution in [0.25, 0.3) is 0 Å². The maximum absolute atomic E-state index is 12.3. The number of rotatable bonds is 5. The molecule has 0 fully saturated rings. The number of hydrogen-bond donors (Lipinski definition) is 2. The summed E-state index contributed by atoms with van der Waals surface area (Å²) >= 11 is 1.56. The highest BCUT2D eigenvalue weighted by Crippen LogP contribution is 2.28. The zero-order chi connectivity index (χ0) is 19.3. The van der Waals surface area contributed by atoms with E-state index >= 15 is 0 Å². The fourth-order valence-electron chi connectivity index (χ4n) is 3.09. The van der Waals surface area contributed by atoms with Gasteiger partial charge in [0.2, 0.25) is 5.91 Å². The first-order valence-corrected chi connectivity index (χ1v) is 10.0. The standard InChI is InChI=1S/C19H20N6O2S/c26-17(24-19-23-14-6-2-1-3-8-16(14)28-19)12-25-11-13(10-21-25)22-18(27)15-7-4-5-9-20-15/h4-5,7,9-11H,1-3,6,8,12H2,(H,22,27)(H,23,24,26). The van der Waals surface area contributed by atoms with Crippen LogP contribution < -0.4 is 10.6 Å².